The van der Waals surface area contributed by atoms with Crippen LogP contribution in [-0.4, -0.2) is 56.2 Å². The summed E-state index contributed by atoms with van der Waals surface area (Å²) in [4.78, 5) is 90.2. The Morgan fingerprint density at radius 1 is 0.466 bits per heavy atom. The third-order valence-corrected chi connectivity index (χ3v) is 13.3. The third kappa shape index (κ3) is 15.4. The van der Waals surface area contributed by atoms with E-state index in [0.717, 1.165) is 54.6 Å². The molecule has 0 bridgehead atoms. The average molecular weight is 1200 g/mol. The first-order chi connectivity index (χ1) is 41.9. The van der Waals surface area contributed by atoms with Gasteiger partial charge >= 0.3 is 0 Å². The number of ketones is 1. The number of nitro groups is 7. The molecule has 1 atom stereocenters. The highest BCUT2D eigenvalue weighted by Gasteiger charge is 2.29. The Labute approximate surface area is 493 Å². The topological polar surface area (TPSA) is 458 Å². The highest BCUT2D eigenvalue weighted by Crippen LogP contribution is 2.40. The standard InChI is InChI=1S/C56H45N15O17/c1-3-6-34-16-42(60-63-45-24-50(68(81)82)29-51(25-45)69(83)84)19-37(55(34)73)14-38-20-43(61-64-46-26-52(70(85)86)30-53(27-46)71(87)88)18-36(56(38)74)11-32-9-31(12-40(13-32)58-62-44-22-48(66(77)78)28-49(23-44)67(79)80)10-35-17-41(15-33(4-2)54(35)72)59-57-39-7-5-8-47(21-39)65(75)76/h5,7-9,12-13,15-16,18-30,35,57,73-74H,3-4,6,10-11,14,17H2,1-2H3. The molecule has 0 spiro atoms. The van der Waals surface area contributed by atoms with Crippen molar-refractivity contribution < 1.29 is 49.5 Å². The van der Waals surface area contributed by atoms with Gasteiger partial charge in [-0.05, 0) is 90.1 Å². The number of anilines is 1. The molecule has 0 amide bonds. The predicted molar refractivity (Wildman–Crippen MR) is 313 cm³/mol. The van der Waals surface area contributed by atoms with Crippen molar-refractivity contribution in [1.29, 1.82) is 0 Å². The van der Waals surface area contributed by atoms with Crippen LogP contribution >= 0.6 is 0 Å². The SMILES string of the molecule is CCCc1cc(N=Nc2cc([N+](=O)[O-])cc([N+](=O)[O-])c2)cc(Cc2cc(N=Nc3cc([N+](=O)[O-])cc([N+](=O)[O-])c3)cc(Cc3cc(CC4CC(=NNc5cccc([N+](=O)[O-])c5)C=C(CC)C4=O)cc(N=Nc4cc([N+](=O)[O-])cc([N+](=O)[O-])c4)c3)c2O)c1O. The zero-order chi connectivity index (χ0) is 63.5. The maximum Gasteiger partial charge on any atom is 0.278 e. The smallest absolute Gasteiger partial charge is 0.278 e. The van der Waals surface area contributed by atoms with Gasteiger partial charge in [-0.3, -0.25) is 81.0 Å². The van der Waals surface area contributed by atoms with Crippen molar-refractivity contribution in [3.05, 3.63) is 237 Å². The highest BCUT2D eigenvalue weighted by molar-refractivity contribution is 6.11. The van der Waals surface area contributed by atoms with E-state index >= 15 is 0 Å². The molecule has 0 aromatic heterocycles. The van der Waals surface area contributed by atoms with E-state index in [-0.39, 0.29) is 100 Å². The number of allylic oxidation sites excluding steroid dienone is 2. The Kier molecular flexibility index (Phi) is 18.9. The number of non-ortho nitro benzene ring substituents is 7. The molecule has 446 valence electrons. The van der Waals surface area contributed by atoms with E-state index in [1.807, 2.05) is 6.92 Å². The first-order valence-electron chi connectivity index (χ1n) is 26.1. The molecule has 1 aliphatic carbocycles. The summed E-state index contributed by atoms with van der Waals surface area (Å²) in [5.74, 6) is -1.64. The Morgan fingerprint density at radius 2 is 0.852 bits per heavy atom. The minimum Gasteiger partial charge on any atom is -0.507 e. The number of benzene rings is 7. The summed E-state index contributed by atoms with van der Waals surface area (Å²) in [6, 6.07) is 23.8. The summed E-state index contributed by atoms with van der Waals surface area (Å²) in [7, 11) is 0. The molecule has 88 heavy (non-hydrogen) atoms. The number of nitrogens with one attached hydrogen (secondary N) is 1. The van der Waals surface area contributed by atoms with Crippen LogP contribution < -0.4 is 5.43 Å². The van der Waals surface area contributed by atoms with Gasteiger partial charge in [-0.25, -0.2) is 0 Å². The molecular weight excluding hydrogens is 1150 g/mol. The van der Waals surface area contributed by atoms with Crippen LogP contribution in [0.25, 0.3) is 0 Å². The molecule has 7 aromatic rings. The summed E-state index contributed by atoms with van der Waals surface area (Å²) in [5.41, 5.74) is 0.494. The van der Waals surface area contributed by atoms with Gasteiger partial charge in [0, 0.05) is 90.4 Å². The number of hydrazone groups is 1. The van der Waals surface area contributed by atoms with Gasteiger partial charge in [0.1, 0.15) is 11.5 Å². The van der Waals surface area contributed by atoms with Crippen LogP contribution in [0.5, 0.6) is 11.5 Å². The Hall–Kier alpha value is -12.4. The van der Waals surface area contributed by atoms with Gasteiger partial charge in [0.2, 0.25) is 0 Å². The van der Waals surface area contributed by atoms with Crippen molar-refractivity contribution in [3.63, 3.8) is 0 Å². The number of carbonyl (C=O) groups excluding carboxylic acids is 1. The second-order valence-corrected chi connectivity index (χ2v) is 19.6. The lowest BCUT2D eigenvalue weighted by Crippen LogP contribution is -2.27. The number of carbonyl (C=O) groups is 1. The van der Waals surface area contributed by atoms with Crippen molar-refractivity contribution in [1.82, 2.24) is 0 Å². The molecule has 0 heterocycles. The number of phenolic OH excluding ortho intramolecular Hbond substituents is 2. The van der Waals surface area contributed by atoms with Crippen molar-refractivity contribution in [2.24, 2.45) is 41.7 Å². The van der Waals surface area contributed by atoms with Crippen LogP contribution in [-0.2, 0) is 30.5 Å². The van der Waals surface area contributed by atoms with Gasteiger partial charge < -0.3 is 10.2 Å². The van der Waals surface area contributed by atoms with E-state index in [4.69, 9.17) is 0 Å². The fourth-order valence-electron chi connectivity index (χ4n) is 9.37. The number of aromatic hydroxyl groups is 2. The van der Waals surface area contributed by atoms with Crippen LogP contribution in [0.1, 0.15) is 66.5 Å². The fraction of sp³-hybridized carbons (Fsp3) is 0.179. The van der Waals surface area contributed by atoms with Crippen LogP contribution in [0.4, 0.5) is 79.6 Å². The quantitative estimate of drug-likeness (QED) is 0.0287. The first-order valence-corrected chi connectivity index (χ1v) is 26.1. The van der Waals surface area contributed by atoms with Gasteiger partial charge in [0.25, 0.3) is 39.8 Å². The summed E-state index contributed by atoms with van der Waals surface area (Å²) in [5, 5.41) is 135. The van der Waals surface area contributed by atoms with Gasteiger partial charge in [0.15, 0.2) is 5.78 Å². The Bertz CT molecular complexity index is 4130. The number of nitro benzene ring substituents is 7. The molecule has 0 aliphatic heterocycles. The molecule has 1 unspecified atom stereocenters. The number of nitrogens with zero attached hydrogens (tertiary/aromatic N) is 14. The first kappa shape index (κ1) is 61.7. The second kappa shape index (κ2) is 26.9. The van der Waals surface area contributed by atoms with Crippen molar-refractivity contribution in [2.75, 3.05) is 5.43 Å². The Morgan fingerprint density at radius 3 is 1.27 bits per heavy atom. The lowest BCUT2D eigenvalue weighted by molar-refractivity contribution is -0.394. The zero-order valence-electron chi connectivity index (χ0n) is 45.9. The van der Waals surface area contributed by atoms with Crippen molar-refractivity contribution in [3.8, 4) is 11.5 Å². The van der Waals surface area contributed by atoms with E-state index in [1.54, 1.807) is 31.2 Å². The molecule has 3 N–H and O–H groups in total. The van der Waals surface area contributed by atoms with Crippen LogP contribution in [0, 0.1) is 76.7 Å². The maximum atomic E-state index is 14.1. The molecule has 32 heteroatoms. The second-order valence-electron chi connectivity index (χ2n) is 19.6. The van der Waals surface area contributed by atoms with E-state index in [9.17, 15) is 85.8 Å². The molecule has 7 aromatic carbocycles. The molecule has 32 nitrogen and oxygen atoms in total. The summed E-state index contributed by atoms with van der Waals surface area (Å²) < 4.78 is 0. The maximum absolute atomic E-state index is 14.1. The number of Topliss-reactive ketones (excluding diaryl/α,β-unsaturated/α-hetero) is 1. The Balaban J connectivity index is 1.25. The predicted octanol–water partition coefficient (Wildman–Crippen LogP) is 14.8. The number of aryl methyl sites for hydroxylation is 1. The number of hydrogen-bond acceptors (Lipinski definition) is 25. The minimum absolute atomic E-state index is 0.0105. The molecule has 0 radical (unpaired) electrons. The van der Waals surface area contributed by atoms with Gasteiger partial charge in [-0.1, -0.05) is 32.4 Å². The number of azo groups is 3. The number of hydrogen-bond donors (Lipinski definition) is 3. The molecule has 0 saturated heterocycles. The summed E-state index contributed by atoms with van der Waals surface area (Å²) >= 11 is 0. The average Bonchev–Trinajstić information content (AvgIpc) is 2.55. The van der Waals surface area contributed by atoms with E-state index in [1.165, 1.54) is 48.5 Å². The van der Waals surface area contributed by atoms with Gasteiger partial charge in [-0.15, -0.1) is 0 Å². The highest BCUT2D eigenvalue weighted by atomic mass is 16.7. The number of phenols is 2. The molecule has 0 saturated carbocycles. The molecular formula is C56H45N15O17. The van der Waals surface area contributed by atoms with Gasteiger partial charge in [0.05, 0.1) is 98.2 Å². The third-order valence-electron chi connectivity index (χ3n) is 13.3. The van der Waals surface area contributed by atoms with E-state index in [2.05, 4.69) is 41.2 Å². The van der Waals surface area contributed by atoms with E-state index < -0.39 is 80.3 Å². The summed E-state index contributed by atoms with van der Waals surface area (Å²) in [6.07, 6.45) is 2.22. The lowest BCUT2D eigenvalue weighted by Gasteiger charge is -2.23. The van der Waals surface area contributed by atoms with E-state index in [0.29, 0.717) is 46.5 Å². The number of rotatable bonds is 24. The monoisotopic (exact) mass is 1200 g/mol. The zero-order valence-corrected chi connectivity index (χ0v) is 45.9. The molecule has 0 fully saturated rings. The van der Waals surface area contributed by atoms with Crippen LogP contribution in [0.3, 0.4) is 0 Å². The van der Waals surface area contributed by atoms with Gasteiger partial charge in [-0.2, -0.15) is 35.8 Å². The summed E-state index contributed by atoms with van der Waals surface area (Å²) in [6.45, 7) is 3.59. The largest absolute Gasteiger partial charge is 0.507 e. The molecule has 8 rings (SSSR count). The minimum atomic E-state index is -0.866. The molecule has 1 aliphatic rings. The van der Waals surface area contributed by atoms with Crippen LogP contribution in [0.15, 0.2) is 169 Å². The van der Waals surface area contributed by atoms with Crippen molar-refractivity contribution in [2.45, 2.75) is 58.8 Å². The lowest BCUT2D eigenvalue weighted by atomic mass is 9.81. The normalized spacial score (nSPS) is 13.7. The fourth-order valence-corrected chi connectivity index (χ4v) is 9.37. The van der Waals surface area contributed by atoms with Crippen LogP contribution in [0.2, 0.25) is 0 Å². The van der Waals surface area contributed by atoms with Crippen molar-refractivity contribution >= 4 is 91.1 Å².